The molecule has 0 fully saturated rings. The molecule has 1 heterocycles. The topological polar surface area (TPSA) is 72.5 Å². The Morgan fingerprint density at radius 2 is 1.76 bits per heavy atom. The van der Waals surface area contributed by atoms with Gasteiger partial charge in [0.25, 0.3) is 0 Å². The summed E-state index contributed by atoms with van der Waals surface area (Å²) in [7, 11) is 0. The van der Waals surface area contributed by atoms with E-state index in [1.165, 1.54) is 0 Å². The molecule has 0 amide bonds. The number of nitriles is 2. The highest BCUT2D eigenvalue weighted by atomic mass is 15.0. The Balaban J connectivity index is 2.68. The molecular formula is C17H16N4. The summed E-state index contributed by atoms with van der Waals surface area (Å²) in [6, 6.07) is 13.9. The van der Waals surface area contributed by atoms with E-state index in [0.29, 0.717) is 23.5 Å². The van der Waals surface area contributed by atoms with E-state index in [4.69, 9.17) is 0 Å². The summed E-state index contributed by atoms with van der Waals surface area (Å²) in [5, 5.41) is 21.9. The van der Waals surface area contributed by atoms with Gasteiger partial charge < -0.3 is 5.32 Å². The third-order valence-corrected chi connectivity index (χ3v) is 3.25. The average Bonchev–Trinajstić information content (AvgIpc) is 2.53. The molecule has 2 aromatic rings. The molecule has 0 aliphatic carbocycles. The lowest BCUT2D eigenvalue weighted by Crippen LogP contribution is -2.08. The summed E-state index contributed by atoms with van der Waals surface area (Å²) in [6.07, 6.45) is 0.920. The van der Waals surface area contributed by atoms with Crippen LogP contribution in [-0.4, -0.2) is 11.5 Å². The van der Waals surface area contributed by atoms with E-state index in [2.05, 4.69) is 22.4 Å². The van der Waals surface area contributed by atoms with Gasteiger partial charge in [-0.25, -0.2) is 4.98 Å². The summed E-state index contributed by atoms with van der Waals surface area (Å²) in [6.45, 7) is 4.58. The van der Waals surface area contributed by atoms with E-state index in [-0.39, 0.29) is 0 Å². The van der Waals surface area contributed by atoms with Gasteiger partial charge in [0.1, 0.15) is 23.5 Å². The highest BCUT2D eigenvalue weighted by molar-refractivity contribution is 5.73. The molecule has 104 valence electrons. The van der Waals surface area contributed by atoms with Crippen molar-refractivity contribution in [1.82, 2.24) is 4.98 Å². The predicted octanol–water partition coefficient (Wildman–Crippen LogP) is 3.62. The Morgan fingerprint density at radius 1 is 1.10 bits per heavy atom. The zero-order chi connectivity index (χ0) is 15.2. The van der Waals surface area contributed by atoms with Gasteiger partial charge in [-0.2, -0.15) is 10.5 Å². The van der Waals surface area contributed by atoms with Gasteiger partial charge in [-0.05, 0) is 18.9 Å². The van der Waals surface area contributed by atoms with Crippen molar-refractivity contribution in [2.75, 3.05) is 11.9 Å². The monoisotopic (exact) mass is 276 g/mol. The molecule has 0 saturated carbocycles. The second kappa shape index (κ2) is 6.54. The number of rotatable bonds is 4. The van der Waals surface area contributed by atoms with Crippen LogP contribution in [-0.2, 0) is 0 Å². The summed E-state index contributed by atoms with van der Waals surface area (Å²) in [4.78, 5) is 4.57. The second-order valence-corrected chi connectivity index (χ2v) is 4.70. The Labute approximate surface area is 124 Å². The van der Waals surface area contributed by atoms with Gasteiger partial charge in [0.2, 0.25) is 0 Å². The smallest absolute Gasteiger partial charge is 0.146 e. The molecule has 0 saturated heterocycles. The molecule has 0 spiro atoms. The van der Waals surface area contributed by atoms with Crippen molar-refractivity contribution in [2.24, 2.45) is 0 Å². The standard InChI is InChI=1S/C17H16N4/c1-3-9-20-17-15(11-19)14(10-18)12(2)16(21-17)13-7-5-4-6-8-13/h4-8H,3,9H2,1-2H3,(H,20,21). The van der Waals surface area contributed by atoms with E-state index in [0.717, 1.165) is 23.2 Å². The number of anilines is 1. The largest absolute Gasteiger partial charge is 0.369 e. The fraction of sp³-hybridized carbons (Fsp3) is 0.235. The lowest BCUT2D eigenvalue weighted by atomic mass is 9.99. The Kier molecular flexibility index (Phi) is 4.53. The van der Waals surface area contributed by atoms with E-state index in [1.54, 1.807) is 0 Å². The zero-order valence-corrected chi connectivity index (χ0v) is 12.1. The highest BCUT2D eigenvalue weighted by Crippen LogP contribution is 2.29. The van der Waals surface area contributed by atoms with E-state index < -0.39 is 0 Å². The minimum Gasteiger partial charge on any atom is -0.369 e. The zero-order valence-electron chi connectivity index (χ0n) is 12.1. The van der Waals surface area contributed by atoms with Crippen LogP contribution < -0.4 is 5.32 Å². The van der Waals surface area contributed by atoms with Gasteiger partial charge in [0.15, 0.2) is 0 Å². The molecule has 0 bridgehead atoms. The van der Waals surface area contributed by atoms with Crippen LogP contribution in [0.5, 0.6) is 0 Å². The summed E-state index contributed by atoms with van der Waals surface area (Å²) in [5.41, 5.74) is 3.13. The molecule has 0 radical (unpaired) electrons. The molecule has 0 unspecified atom stereocenters. The van der Waals surface area contributed by atoms with Gasteiger partial charge in [0.05, 0.1) is 11.3 Å². The fourth-order valence-corrected chi connectivity index (χ4v) is 2.17. The molecule has 1 N–H and O–H groups in total. The van der Waals surface area contributed by atoms with Crippen molar-refractivity contribution in [1.29, 1.82) is 10.5 Å². The maximum absolute atomic E-state index is 9.39. The molecule has 2 rings (SSSR count). The van der Waals surface area contributed by atoms with Gasteiger partial charge in [-0.3, -0.25) is 0 Å². The molecule has 0 aliphatic heterocycles. The molecule has 0 atom stereocenters. The number of aromatic nitrogens is 1. The third-order valence-electron chi connectivity index (χ3n) is 3.25. The first-order chi connectivity index (χ1) is 10.2. The van der Waals surface area contributed by atoms with Crippen molar-refractivity contribution < 1.29 is 0 Å². The lowest BCUT2D eigenvalue weighted by Gasteiger charge is -2.13. The molecular weight excluding hydrogens is 260 g/mol. The van der Waals surface area contributed by atoms with Crippen LogP contribution in [0.1, 0.15) is 30.0 Å². The first kappa shape index (κ1) is 14.6. The number of pyridine rings is 1. The van der Waals surface area contributed by atoms with Crippen LogP contribution in [0.15, 0.2) is 30.3 Å². The van der Waals surface area contributed by atoms with Crippen molar-refractivity contribution in [3.63, 3.8) is 0 Å². The first-order valence-electron chi connectivity index (χ1n) is 6.87. The van der Waals surface area contributed by atoms with Crippen LogP contribution in [0.25, 0.3) is 11.3 Å². The quantitative estimate of drug-likeness (QED) is 0.925. The minimum absolute atomic E-state index is 0.322. The minimum atomic E-state index is 0.322. The Morgan fingerprint density at radius 3 is 2.33 bits per heavy atom. The van der Waals surface area contributed by atoms with Crippen LogP contribution in [0.2, 0.25) is 0 Å². The maximum Gasteiger partial charge on any atom is 0.146 e. The molecule has 4 heteroatoms. The van der Waals surface area contributed by atoms with Crippen molar-refractivity contribution in [2.45, 2.75) is 20.3 Å². The lowest BCUT2D eigenvalue weighted by molar-refractivity contribution is 0.967. The van der Waals surface area contributed by atoms with Crippen molar-refractivity contribution in [3.8, 4) is 23.4 Å². The van der Waals surface area contributed by atoms with E-state index in [1.807, 2.05) is 44.2 Å². The van der Waals surface area contributed by atoms with Gasteiger partial charge in [-0.15, -0.1) is 0 Å². The van der Waals surface area contributed by atoms with Crippen molar-refractivity contribution in [3.05, 3.63) is 47.0 Å². The third kappa shape index (κ3) is 2.85. The molecule has 0 aliphatic rings. The number of benzene rings is 1. The normalized spacial score (nSPS) is 9.71. The van der Waals surface area contributed by atoms with Crippen LogP contribution in [0.3, 0.4) is 0 Å². The van der Waals surface area contributed by atoms with Gasteiger partial charge in [-0.1, -0.05) is 37.3 Å². The second-order valence-electron chi connectivity index (χ2n) is 4.70. The number of nitrogens with one attached hydrogen (secondary N) is 1. The predicted molar refractivity (Wildman–Crippen MR) is 82.6 cm³/mol. The average molecular weight is 276 g/mol. The van der Waals surface area contributed by atoms with E-state index >= 15 is 0 Å². The summed E-state index contributed by atoms with van der Waals surface area (Å²) in [5.74, 6) is 0.486. The number of hydrogen-bond donors (Lipinski definition) is 1. The molecule has 1 aromatic carbocycles. The summed E-state index contributed by atoms with van der Waals surface area (Å²) < 4.78 is 0. The molecule has 4 nitrogen and oxygen atoms in total. The Hall–Kier alpha value is -2.85. The highest BCUT2D eigenvalue weighted by Gasteiger charge is 2.17. The first-order valence-corrected chi connectivity index (χ1v) is 6.87. The van der Waals surface area contributed by atoms with Crippen LogP contribution in [0.4, 0.5) is 5.82 Å². The Bertz CT molecular complexity index is 721. The van der Waals surface area contributed by atoms with Crippen molar-refractivity contribution >= 4 is 5.82 Å². The number of hydrogen-bond acceptors (Lipinski definition) is 4. The van der Waals surface area contributed by atoms with Gasteiger partial charge in [0, 0.05) is 12.1 Å². The van der Waals surface area contributed by atoms with Crippen LogP contribution >= 0.6 is 0 Å². The summed E-state index contributed by atoms with van der Waals surface area (Å²) >= 11 is 0. The maximum atomic E-state index is 9.39. The SMILES string of the molecule is CCCNc1nc(-c2ccccc2)c(C)c(C#N)c1C#N. The van der Waals surface area contributed by atoms with Gasteiger partial charge >= 0.3 is 0 Å². The van der Waals surface area contributed by atoms with E-state index in [9.17, 15) is 10.5 Å². The fourth-order valence-electron chi connectivity index (χ4n) is 2.17. The van der Waals surface area contributed by atoms with Crippen LogP contribution in [0, 0.1) is 29.6 Å². The number of nitrogens with zero attached hydrogens (tertiary/aromatic N) is 3. The molecule has 21 heavy (non-hydrogen) atoms. The molecule has 1 aromatic heterocycles.